The van der Waals surface area contributed by atoms with Gasteiger partial charge in [-0.25, -0.2) is 8.42 Å². The number of carboxylic acids is 1. The van der Waals surface area contributed by atoms with E-state index < -0.39 is 22.0 Å². The summed E-state index contributed by atoms with van der Waals surface area (Å²) < 4.78 is 25.0. The third-order valence-electron chi connectivity index (χ3n) is 2.14. The van der Waals surface area contributed by atoms with Gasteiger partial charge in [0.2, 0.25) is 10.0 Å². The molecule has 0 saturated carbocycles. The van der Waals surface area contributed by atoms with E-state index in [1.54, 1.807) is 46.9 Å². The predicted molar refractivity (Wildman–Crippen MR) is 77.2 cm³/mol. The van der Waals surface area contributed by atoms with Gasteiger partial charge in [0.25, 0.3) is 0 Å². The van der Waals surface area contributed by atoms with Crippen molar-refractivity contribution in [2.24, 2.45) is 5.73 Å². The molecule has 18 heavy (non-hydrogen) atoms. The van der Waals surface area contributed by atoms with Crippen LogP contribution in [-0.2, 0) is 21.2 Å². The number of benzene rings is 1. The Morgan fingerprint density at radius 1 is 1.39 bits per heavy atom. The van der Waals surface area contributed by atoms with E-state index in [2.05, 4.69) is 4.72 Å². The Morgan fingerprint density at radius 3 is 2.39 bits per heavy atom. The molecule has 4 N–H and O–H groups in total. The number of hydrogen-bond acceptors (Lipinski definition) is 4. The Morgan fingerprint density at radius 2 is 1.94 bits per heavy atom. The zero-order chi connectivity index (χ0) is 13.8. The first-order valence-corrected chi connectivity index (χ1v) is 8.15. The summed E-state index contributed by atoms with van der Waals surface area (Å²) >= 11 is 1.75. The maximum atomic E-state index is 11.3. The molecule has 6 nitrogen and oxygen atoms in total. The molecule has 0 heterocycles. The first-order valence-electron chi connectivity index (χ1n) is 4.98. The lowest BCUT2D eigenvalue weighted by atomic mass is 10.1. The van der Waals surface area contributed by atoms with Crippen LogP contribution in [0.5, 0.6) is 0 Å². The van der Waals surface area contributed by atoms with E-state index in [9.17, 15) is 13.2 Å². The molecular weight excluding hydrogens is 371 g/mol. The van der Waals surface area contributed by atoms with Gasteiger partial charge in [-0.05, 0) is 24.1 Å². The maximum Gasteiger partial charge on any atom is 0.320 e. The first-order chi connectivity index (χ1) is 8.34. The molecule has 0 radical (unpaired) electrons. The lowest BCUT2D eigenvalue weighted by Gasteiger charge is -2.08. The lowest BCUT2D eigenvalue weighted by Crippen LogP contribution is -2.32. The largest absolute Gasteiger partial charge is 0.480 e. The minimum atomic E-state index is -3.30. The van der Waals surface area contributed by atoms with Crippen LogP contribution in [0.4, 0.5) is 5.69 Å². The third kappa shape index (κ3) is 4.78. The van der Waals surface area contributed by atoms with Gasteiger partial charge in [-0.2, -0.15) is 0 Å². The van der Waals surface area contributed by atoms with E-state index in [0.29, 0.717) is 5.69 Å². The van der Waals surface area contributed by atoms with Gasteiger partial charge in [0.1, 0.15) is 9.80 Å². The highest BCUT2D eigenvalue weighted by Gasteiger charge is 2.12. The minimum absolute atomic E-state index is 0.0313. The second-order valence-electron chi connectivity index (χ2n) is 3.67. The van der Waals surface area contributed by atoms with E-state index in [4.69, 9.17) is 10.8 Å². The van der Waals surface area contributed by atoms with Crippen molar-refractivity contribution in [3.8, 4) is 0 Å². The number of alkyl halides is 1. The maximum absolute atomic E-state index is 11.3. The fraction of sp³-hybridized carbons (Fsp3) is 0.300. The fourth-order valence-electron chi connectivity index (χ4n) is 1.26. The van der Waals surface area contributed by atoms with Gasteiger partial charge in [0.15, 0.2) is 0 Å². The van der Waals surface area contributed by atoms with Crippen molar-refractivity contribution in [2.75, 3.05) is 8.48 Å². The van der Waals surface area contributed by atoms with Gasteiger partial charge in [-0.15, -0.1) is 0 Å². The van der Waals surface area contributed by atoms with Crippen LogP contribution in [0.3, 0.4) is 0 Å². The monoisotopic (exact) mass is 384 g/mol. The Balaban J connectivity index is 2.72. The standard InChI is InChI=1S/C10H13IN2O4S/c11-6-18(16,17)13-8-3-1-7(2-4-8)5-9(12)10(14)15/h1-4,9,13H,5-6,12H2,(H,14,15)/t9-/m0/s1. The van der Waals surface area contributed by atoms with Gasteiger partial charge < -0.3 is 10.8 Å². The number of hydrogen-bond donors (Lipinski definition) is 3. The zero-order valence-corrected chi connectivity index (χ0v) is 12.3. The number of sulfonamides is 1. The van der Waals surface area contributed by atoms with Gasteiger partial charge in [0.05, 0.1) is 0 Å². The van der Waals surface area contributed by atoms with Crippen molar-refractivity contribution in [1.82, 2.24) is 0 Å². The average molecular weight is 384 g/mol. The molecular formula is C10H13IN2O4S. The number of anilines is 1. The van der Waals surface area contributed by atoms with Crippen LogP contribution in [0.25, 0.3) is 0 Å². The quantitative estimate of drug-likeness (QED) is 0.496. The molecule has 1 atom stereocenters. The van der Waals surface area contributed by atoms with Crippen LogP contribution in [0.1, 0.15) is 5.56 Å². The summed E-state index contributed by atoms with van der Waals surface area (Å²) in [6.07, 6.45) is 0.203. The van der Waals surface area contributed by atoms with Crippen LogP contribution < -0.4 is 10.5 Å². The van der Waals surface area contributed by atoms with E-state index in [1.165, 1.54) is 0 Å². The van der Waals surface area contributed by atoms with E-state index in [-0.39, 0.29) is 10.2 Å². The van der Waals surface area contributed by atoms with Gasteiger partial charge >= 0.3 is 5.97 Å². The highest BCUT2D eigenvalue weighted by atomic mass is 127. The fourth-order valence-corrected chi connectivity index (χ4v) is 2.27. The molecule has 0 aliphatic rings. The van der Waals surface area contributed by atoms with Gasteiger partial charge in [0, 0.05) is 5.69 Å². The molecule has 0 fully saturated rings. The molecule has 100 valence electrons. The highest BCUT2D eigenvalue weighted by Crippen LogP contribution is 2.13. The molecule has 0 unspecified atom stereocenters. The Kier molecular flexibility index (Phi) is 5.35. The molecule has 0 aromatic heterocycles. The molecule has 1 aromatic rings. The molecule has 0 amide bonds. The van der Waals surface area contributed by atoms with E-state index in [1.807, 2.05) is 0 Å². The number of aliphatic carboxylic acids is 1. The van der Waals surface area contributed by atoms with E-state index >= 15 is 0 Å². The van der Waals surface area contributed by atoms with Gasteiger partial charge in [-0.3, -0.25) is 9.52 Å². The summed E-state index contributed by atoms with van der Waals surface area (Å²) in [6, 6.07) is 5.49. The summed E-state index contributed by atoms with van der Waals surface area (Å²) in [4.78, 5) is 10.6. The minimum Gasteiger partial charge on any atom is -0.480 e. The number of carbonyl (C=O) groups is 1. The normalized spacial score (nSPS) is 13.0. The molecule has 1 aromatic carbocycles. The Labute approximate surface area is 119 Å². The molecule has 0 spiro atoms. The highest BCUT2D eigenvalue weighted by molar-refractivity contribution is 14.1. The van der Waals surface area contributed by atoms with Crippen molar-refractivity contribution in [3.63, 3.8) is 0 Å². The zero-order valence-electron chi connectivity index (χ0n) is 9.34. The number of nitrogens with one attached hydrogen (secondary N) is 1. The summed E-state index contributed by atoms with van der Waals surface area (Å²) in [5, 5.41) is 8.67. The molecule has 8 heteroatoms. The Hall–Kier alpha value is -0.870. The van der Waals surface area contributed by atoms with Gasteiger partial charge in [-0.1, -0.05) is 34.7 Å². The summed E-state index contributed by atoms with van der Waals surface area (Å²) in [5.74, 6) is -1.07. The average Bonchev–Trinajstić information content (AvgIpc) is 2.31. The van der Waals surface area contributed by atoms with Crippen LogP contribution in [0.2, 0.25) is 0 Å². The molecule has 0 bridgehead atoms. The van der Waals surface area contributed by atoms with Crippen LogP contribution in [0.15, 0.2) is 24.3 Å². The molecule has 1 rings (SSSR count). The lowest BCUT2D eigenvalue weighted by molar-refractivity contribution is -0.138. The third-order valence-corrected chi connectivity index (χ3v) is 5.44. The van der Waals surface area contributed by atoms with E-state index in [0.717, 1.165) is 5.56 Å². The summed E-state index contributed by atoms with van der Waals surface area (Å²) in [6.45, 7) is 0. The molecule has 0 saturated heterocycles. The van der Waals surface area contributed by atoms with Crippen molar-refractivity contribution < 1.29 is 18.3 Å². The van der Waals surface area contributed by atoms with Crippen LogP contribution in [-0.4, -0.2) is 29.3 Å². The predicted octanol–water partition coefficient (Wildman–Crippen LogP) is 0.775. The first kappa shape index (κ1) is 15.2. The number of carboxylic acid groups (broad SMARTS) is 1. The molecule has 0 aliphatic heterocycles. The van der Waals surface area contributed by atoms with Crippen molar-refractivity contribution in [3.05, 3.63) is 29.8 Å². The smallest absolute Gasteiger partial charge is 0.320 e. The number of rotatable bonds is 6. The van der Waals surface area contributed by atoms with Crippen molar-refractivity contribution in [2.45, 2.75) is 12.5 Å². The van der Waals surface area contributed by atoms with Crippen molar-refractivity contribution in [1.29, 1.82) is 0 Å². The Bertz CT molecular complexity index is 515. The SMILES string of the molecule is N[C@@H](Cc1ccc(NS(=O)(=O)CI)cc1)C(=O)O. The second-order valence-corrected chi connectivity index (χ2v) is 7.19. The number of halogens is 1. The van der Waals surface area contributed by atoms with Crippen LogP contribution in [0, 0.1) is 0 Å². The van der Waals surface area contributed by atoms with Crippen LogP contribution >= 0.6 is 22.6 Å². The van der Waals surface area contributed by atoms with Crippen molar-refractivity contribution >= 4 is 44.3 Å². The topological polar surface area (TPSA) is 109 Å². The second kappa shape index (κ2) is 6.34. The molecule has 0 aliphatic carbocycles. The summed E-state index contributed by atoms with van der Waals surface area (Å²) in [7, 11) is -3.30. The summed E-state index contributed by atoms with van der Waals surface area (Å²) in [5.41, 5.74) is 6.58. The number of nitrogens with two attached hydrogens (primary N) is 1.